The van der Waals surface area contributed by atoms with Crippen LogP contribution in [-0.2, 0) is 0 Å². The van der Waals surface area contributed by atoms with E-state index in [-0.39, 0.29) is 12.0 Å². The summed E-state index contributed by atoms with van der Waals surface area (Å²) in [7, 11) is 0. The standard InChI is InChI=1S/C12H19NO/c1-6-9(2)11(7-13)10(3)12(4,5)8-14/h6,14H,8H2,1-5H3. The first-order chi connectivity index (χ1) is 6.40. The smallest absolute Gasteiger partial charge is 0.0993 e. The number of hydrogen-bond donors (Lipinski definition) is 1. The molecule has 0 aromatic rings. The summed E-state index contributed by atoms with van der Waals surface area (Å²) in [6.07, 6.45) is 1.91. The van der Waals surface area contributed by atoms with Gasteiger partial charge in [0.15, 0.2) is 0 Å². The predicted octanol–water partition coefficient (Wildman–Crippen LogP) is 2.81. The average molecular weight is 193 g/mol. The second-order valence-electron chi connectivity index (χ2n) is 4.13. The molecule has 0 aromatic heterocycles. The number of allylic oxidation sites excluding steroid dienone is 3. The van der Waals surface area contributed by atoms with Crippen LogP contribution in [0.25, 0.3) is 0 Å². The minimum atomic E-state index is -0.324. The Balaban J connectivity index is 5.38. The van der Waals surface area contributed by atoms with Gasteiger partial charge in [0.1, 0.15) is 0 Å². The van der Waals surface area contributed by atoms with Crippen molar-refractivity contribution in [2.45, 2.75) is 34.6 Å². The molecule has 0 amide bonds. The Kier molecular flexibility index (Phi) is 4.59. The third-order valence-electron chi connectivity index (χ3n) is 2.72. The van der Waals surface area contributed by atoms with Gasteiger partial charge in [-0.3, -0.25) is 0 Å². The van der Waals surface area contributed by atoms with Crippen LogP contribution in [0.2, 0.25) is 0 Å². The number of nitrogens with zero attached hydrogens (tertiary/aromatic N) is 1. The van der Waals surface area contributed by atoms with Crippen molar-refractivity contribution >= 4 is 0 Å². The SMILES string of the molecule is CC=C(C)C(C#N)=C(C)C(C)(C)CO. The van der Waals surface area contributed by atoms with Gasteiger partial charge in [0.25, 0.3) is 0 Å². The van der Waals surface area contributed by atoms with Gasteiger partial charge in [0, 0.05) is 5.41 Å². The summed E-state index contributed by atoms with van der Waals surface area (Å²) in [5.74, 6) is 0. The molecule has 0 unspecified atom stereocenters. The van der Waals surface area contributed by atoms with E-state index in [9.17, 15) is 5.11 Å². The van der Waals surface area contributed by atoms with E-state index in [2.05, 4.69) is 6.07 Å². The van der Waals surface area contributed by atoms with E-state index in [0.29, 0.717) is 5.57 Å². The first-order valence-corrected chi connectivity index (χ1v) is 4.76. The summed E-state index contributed by atoms with van der Waals surface area (Å²) >= 11 is 0. The van der Waals surface area contributed by atoms with E-state index in [0.717, 1.165) is 11.1 Å². The Morgan fingerprint density at radius 2 is 1.93 bits per heavy atom. The second kappa shape index (κ2) is 4.97. The molecule has 0 atom stereocenters. The van der Waals surface area contributed by atoms with Crippen LogP contribution in [-0.4, -0.2) is 11.7 Å². The average Bonchev–Trinajstić information content (AvgIpc) is 2.18. The van der Waals surface area contributed by atoms with Gasteiger partial charge in [-0.2, -0.15) is 5.26 Å². The van der Waals surface area contributed by atoms with E-state index in [1.165, 1.54) is 0 Å². The summed E-state index contributed by atoms with van der Waals surface area (Å²) in [5.41, 5.74) is 2.27. The second-order valence-corrected chi connectivity index (χ2v) is 4.13. The molecule has 0 saturated carbocycles. The van der Waals surface area contributed by atoms with Crippen LogP contribution < -0.4 is 0 Å². The summed E-state index contributed by atoms with van der Waals surface area (Å²) in [5, 5.41) is 18.2. The summed E-state index contributed by atoms with van der Waals surface area (Å²) in [6, 6.07) is 2.19. The van der Waals surface area contributed by atoms with E-state index in [1.54, 1.807) is 0 Å². The maximum absolute atomic E-state index is 9.20. The highest BCUT2D eigenvalue weighted by Crippen LogP contribution is 2.30. The van der Waals surface area contributed by atoms with Crippen molar-refractivity contribution in [2.75, 3.05) is 6.61 Å². The molecule has 0 aliphatic heterocycles. The van der Waals surface area contributed by atoms with Crippen LogP contribution in [0.5, 0.6) is 0 Å². The molecular formula is C12H19NO. The molecule has 0 aliphatic carbocycles. The quantitative estimate of drug-likeness (QED) is 0.553. The third kappa shape index (κ3) is 2.71. The molecule has 1 N–H and O–H groups in total. The van der Waals surface area contributed by atoms with Crippen molar-refractivity contribution in [2.24, 2.45) is 5.41 Å². The number of rotatable bonds is 3. The van der Waals surface area contributed by atoms with Crippen LogP contribution in [0.3, 0.4) is 0 Å². The fourth-order valence-electron chi connectivity index (χ4n) is 1.07. The molecule has 0 aliphatic rings. The summed E-state index contributed by atoms with van der Waals surface area (Å²) in [6.45, 7) is 9.65. The Morgan fingerprint density at radius 3 is 2.21 bits per heavy atom. The van der Waals surface area contributed by atoms with Crippen molar-refractivity contribution in [3.05, 3.63) is 22.8 Å². The lowest BCUT2D eigenvalue weighted by molar-refractivity contribution is 0.189. The lowest BCUT2D eigenvalue weighted by Crippen LogP contribution is -2.19. The summed E-state index contributed by atoms with van der Waals surface area (Å²) < 4.78 is 0. The first-order valence-electron chi connectivity index (χ1n) is 4.76. The van der Waals surface area contributed by atoms with Crippen molar-refractivity contribution in [1.82, 2.24) is 0 Å². The lowest BCUT2D eigenvalue weighted by Gasteiger charge is -2.24. The van der Waals surface area contributed by atoms with E-state index in [1.807, 2.05) is 40.7 Å². The van der Waals surface area contributed by atoms with Crippen LogP contribution in [0, 0.1) is 16.7 Å². The van der Waals surface area contributed by atoms with E-state index >= 15 is 0 Å². The minimum absolute atomic E-state index is 0.0566. The van der Waals surface area contributed by atoms with Crippen LogP contribution in [0.1, 0.15) is 34.6 Å². The fraction of sp³-hybridized carbons (Fsp3) is 0.583. The zero-order valence-electron chi connectivity index (χ0n) is 9.68. The normalized spacial score (nSPS) is 14.8. The lowest BCUT2D eigenvalue weighted by atomic mass is 9.82. The van der Waals surface area contributed by atoms with Crippen LogP contribution in [0.4, 0.5) is 0 Å². The molecule has 0 spiro atoms. The zero-order valence-corrected chi connectivity index (χ0v) is 9.68. The zero-order chi connectivity index (χ0) is 11.4. The summed E-state index contributed by atoms with van der Waals surface area (Å²) in [4.78, 5) is 0. The molecule has 14 heavy (non-hydrogen) atoms. The van der Waals surface area contributed by atoms with Gasteiger partial charge in [-0.1, -0.05) is 19.9 Å². The van der Waals surface area contributed by atoms with Crippen molar-refractivity contribution in [3.8, 4) is 6.07 Å². The molecule has 2 heteroatoms. The molecule has 0 heterocycles. The molecular weight excluding hydrogens is 174 g/mol. The highest BCUT2D eigenvalue weighted by Gasteiger charge is 2.22. The maximum atomic E-state index is 9.20. The fourth-order valence-corrected chi connectivity index (χ4v) is 1.07. The molecule has 0 bridgehead atoms. The number of hydrogen-bond acceptors (Lipinski definition) is 2. The Morgan fingerprint density at radius 1 is 1.43 bits per heavy atom. The first kappa shape index (κ1) is 12.9. The Bertz CT molecular complexity index is 303. The van der Waals surface area contributed by atoms with Crippen molar-refractivity contribution < 1.29 is 5.11 Å². The molecule has 0 rings (SSSR count). The van der Waals surface area contributed by atoms with Gasteiger partial charge < -0.3 is 5.11 Å². The number of nitriles is 1. The minimum Gasteiger partial charge on any atom is -0.395 e. The van der Waals surface area contributed by atoms with Crippen molar-refractivity contribution in [3.63, 3.8) is 0 Å². The Labute approximate surface area is 86.6 Å². The topological polar surface area (TPSA) is 44.0 Å². The van der Waals surface area contributed by atoms with Gasteiger partial charge in [0.05, 0.1) is 18.2 Å². The van der Waals surface area contributed by atoms with Crippen molar-refractivity contribution in [1.29, 1.82) is 5.26 Å². The van der Waals surface area contributed by atoms with Gasteiger partial charge in [-0.05, 0) is 31.9 Å². The van der Waals surface area contributed by atoms with Crippen LogP contribution >= 0.6 is 0 Å². The molecule has 0 radical (unpaired) electrons. The number of aliphatic hydroxyl groups excluding tert-OH is 1. The Hall–Kier alpha value is -1.07. The van der Waals surface area contributed by atoms with Crippen LogP contribution in [0.15, 0.2) is 22.8 Å². The molecule has 0 saturated heterocycles. The third-order valence-corrected chi connectivity index (χ3v) is 2.72. The molecule has 0 fully saturated rings. The predicted molar refractivity (Wildman–Crippen MR) is 58.6 cm³/mol. The highest BCUT2D eigenvalue weighted by molar-refractivity contribution is 5.45. The van der Waals surface area contributed by atoms with Gasteiger partial charge in [0.2, 0.25) is 0 Å². The maximum Gasteiger partial charge on any atom is 0.0993 e. The molecule has 0 aromatic carbocycles. The van der Waals surface area contributed by atoms with Gasteiger partial charge in [-0.25, -0.2) is 0 Å². The largest absolute Gasteiger partial charge is 0.395 e. The van der Waals surface area contributed by atoms with E-state index < -0.39 is 0 Å². The highest BCUT2D eigenvalue weighted by atomic mass is 16.3. The molecule has 78 valence electrons. The van der Waals surface area contributed by atoms with Gasteiger partial charge >= 0.3 is 0 Å². The monoisotopic (exact) mass is 193 g/mol. The van der Waals surface area contributed by atoms with E-state index in [4.69, 9.17) is 5.26 Å². The molecule has 2 nitrogen and oxygen atoms in total. The van der Waals surface area contributed by atoms with Gasteiger partial charge in [-0.15, -0.1) is 0 Å². The number of aliphatic hydroxyl groups is 1.